The Labute approximate surface area is 133 Å². The number of nitrogens with one attached hydrogen (secondary N) is 1. The van der Waals surface area contributed by atoms with Crippen LogP contribution in [0.2, 0.25) is 0 Å². The van der Waals surface area contributed by atoms with Crippen molar-refractivity contribution in [3.8, 4) is 0 Å². The van der Waals surface area contributed by atoms with Crippen LogP contribution in [0, 0.1) is 13.8 Å². The number of rotatable bonds is 3. The average molecular weight is 341 g/mol. The molecule has 3 aromatic rings. The highest BCUT2D eigenvalue weighted by Gasteiger charge is 2.02. The van der Waals surface area contributed by atoms with Crippen LogP contribution >= 0.6 is 15.9 Å². The highest BCUT2D eigenvalue weighted by molar-refractivity contribution is 9.10. The number of nitrogens with zero attached hydrogens (tertiary/aromatic N) is 1. The molecule has 1 heterocycles. The summed E-state index contributed by atoms with van der Waals surface area (Å²) >= 11 is 3.56. The summed E-state index contributed by atoms with van der Waals surface area (Å²) in [5.74, 6) is 0. The zero-order valence-corrected chi connectivity index (χ0v) is 13.7. The minimum absolute atomic E-state index is 0.807. The van der Waals surface area contributed by atoms with E-state index >= 15 is 0 Å². The average Bonchev–Trinajstić information content (AvgIpc) is 2.49. The number of hydrogen-bond donors (Lipinski definition) is 1. The first-order valence-corrected chi connectivity index (χ1v) is 7.78. The molecule has 0 amide bonds. The Balaban J connectivity index is 1.82. The molecule has 0 bridgehead atoms. The van der Waals surface area contributed by atoms with Crippen molar-refractivity contribution in [3.05, 3.63) is 69.8 Å². The minimum Gasteiger partial charge on any atom is -0.381 e. The number of fused-ring (bicyclic) bond motifs is 1. The van der Waals surface area contributed by atoms with Crippen molar-refractivity contribution < 1.29 is 0 Å². The zero-order chi connectivity index (χ0) is 14.8. The number of hydrogen-bond acceptors (Lipinski definition) is 2. The molecule has 3 rings (SSSR count). The molecule has 21 heavy (non-hydrogen) atoms. The van der Waals surface area contributed by atoms with Gasteiger partial charge < -0.3 is 5.32 Å². The van der Waals surface area contributed by atoms with E-state index in [0.29, 0.717) is 0 Å². The second-order valence-electron chi connectivity index (χ2n) is 5.25. The van der Waals surface area contributed by atoms with Crippen LogP contribution < -0.4 is 5.32 Å². The summed E-state index contributed by atoms with van der Waals surface area (Å²) in [4.78, 5) is 4.53. The Morgan fingerprint density at radius 3 is 2.76 bits per heavy atom. The molecule has 0 aliphatic heterocycles. The molecule has 1 N–H and O–H groups in total. The van der Waals surface area contributed by atoms with Gasteiger partial charge in [-0.05, 0) is 55.3 Å². The molecule has 0 radical (unpaired) electrons. The van der Waals surface area contributed by atoms with E-state index in [-0.39, 0.29) is 0 Å². The second-order valence-corrected chi connectivity index (χ2v) is 6.10. The highest BCUT2D eigenvalue weighted by atomic mass is 79.9. The molecule has 0 aliphatic carbocycles. The van der Waals surface area contributed by atoms with Crippen molar-refractivity contribution in [2.75, 3.05) is 5.32 Å². The van der Waals surface area contributed by atoms with Gasteiger partial charge in [-0.3, -0.25) is 4.98 Å². The van der Waals surface area contributed by atoms with Gasteiger partial charge in [-0.15, -0.1) is 0 Å². The molecular weight excluding hydrogens is 324 g/mol. The maximum Gasteiger partial charge on any atom is 0.0705 e. The maximum atomic E-state index is 4.53. The number of pyridine rings is 1. The molecule has 0 atom stereocenters. The summed E-state index contributed by atoms with van der Waals surface area (Å²) in [6.45, 7) is 4.94. The minimum atomic E-state index is 0.807. The van der Waals surface area contributed by atoms with E-state index in [1.807, 2.05) is 13.0 Å². The van der Waals surface area contributed by atoms with Gasteiger partial charge in [-0.25, -0.2) is 0 Å². The van der Waals surface area contributed by atoms with Crippen LogP contribution in [-0.4, -0.2) is 4.98 Å². The fourth-order valence-corrected chi connectivity index (χ4v) is 2.75. The van der Waals surface area contributed by atoms with E-state index in [1.165, 1.54) is 16.5 Å². The van der Waals surface area contributed by atoms with Crippen LogP contribution in [0.1, 0.15) is 16.8 Å². The molecule has 0 saturated heterocycles. The van der Waals surface area contributed by atoms with Crippen molar-refractivity contribution in [1.29, 1.82) is 0 Å². The number of benzene rings is 2. The third-order valence-corrected chi connectivity index (χ3v) is 4.50. The molecule has 106 valence electrons. The predicted molar refractivity (Wildman–Crippen MR) is 92.7 cm³/mol. The Hall–Kier alpha value is -1.87. The molecule has 2 nitrogen and oxygen atoms in total. The Morgan fingerprint density at radius 1 is 1.05 bits per heavy atom. The number of halogens is 1. The fourth-order valence-electron chi connectivity index (χ4n) is 2.38. The van der Waals surface area contributed by atoms with E-state index < -0.39 is 0 Å². The monoisotopic (exact) mass is 340 g/mol. The summed E-state index contributed by atoms with van der Waals surface area (Å²) < 4.78 is 1.13. The maximum absolute atomic E-state index is 4.53. The van der Waals surface area contributed by atoms with E-state index in [2.05, 4.69) is 75.6 Å². The second kappa shape index (κ2) is 5.86. The SMILES string of the molecule is Cc1ccc2cc(CNc3cccc(Br)c3C)ccc2n1. The van der Waals surface area contributed by atoms with E-state index in [0.717, 1.165) is 27.9 Å². The van der Waals surface area contributed by atoms with Crippen LogP contribution in [0.4, 0.5) is 5.69 Å². The molecule has 0 fully saturated rings. The molecule has 0 aliphatic rings. The summed E-state index contributed by atoms with van der Waals surface area (Å²) in [5.41, 5.74) is 5.75. The summed E-state index contributed by atoms with van der Waals surface area (Å²) in [5, 5.41) is 4.68. The van der Waals surface area contributed by atoms with Crippen LogP contribution in [-0.2, 0) is 6.54 Å². The Bertz CT molecular complexity index is 796. The van der Waals surface area contributed by atoms with Gasteiger partial charge in [0.05, 0.1) is 5.52 Å². The van der Waals surface area contributed by atoms with Gasteiger partial charge in [-0.1, -0.05) is 34.1 Å². The van der Waals surface area contributed by atoms with Crippen molar-refractivity contribution in [2.45, 2.75) is 20.4 Å². The third kappa shape index (κ3) is 3.08. The lowest BCUT2D eigenvalue weighted by molar-refractivity contribution is 1.14. The van der Waals surface area contributed by atoms with Gasteiger partial charge in [0, 0.05) is 27.8 Å². The zero-order valence-electron chi connectivity index (χ0n) is 12.2. The van der Waals surface area contributed by atoms with Crippen LogP contribution in [0.25, 0.3) is 10.9 Å². The fraction of sp³-hybridized carbons (Fsp3) is 0.167. The van der Waals surface area contributed by atoms with Gasteiger partial charge in [0.15, 0.2) is 0 Å². The van der Waals surface area contributed by atoms with Crippen LogP contribution in [0.5, 0.6) is 0 Å². The molecule has 2 aromatic carbocycles. The lowest BCUT2D eigenvalue weighted by atomic mass is 10.1. The van der Waals surface area contributed by atoms with Gasteiger partial charge >= 0.3 is 0 Å². The van der Waals surface area contributed by atoms with Crippen molar-refractivity contribution in [3.63, 3.8) is 0 Å². The third-order valence-electron chi connectivity index (χ3n) is 3.64. The molecule has 0 unspecified atom stereocenters. The number of anilines is 1. The molecule has 3 heteroatoms. The normalized spacial score (nSPS) is 10.8. The molecular formula is C18H17BrN2. The quantitative estimate of drug-likeness (QED) is 0.706. The summed E-state index contributed by atoms with van der Waals surface area (Å²) in [7, 11) is 0. The lowest BCUT2D eigenvalue weighted by Gasteiger charge is -2.11. The predicted octanol–water partition coefficient (Wildman–Crippen LogP) is 5.23. The summed E-state index contributed by atoms with van der Waals surface area (Å²) in [6, 6.07) is 16.8. The van der Waals surface area contributed by atoms with Crippen molar-refractivity contribution in [1.82, 2.24) is 4.98 Å². The van der Waals surface area contributed by atoms with Crippen molar-refractivity contribution in [2.24, 2.45) is 0 Å². The van der Waals surface area contributed by atoms with Crippen LogP contribution in [0.3, 0.4) is 0 Å². The van der Waals surface area contributed by atoms with Gasteiger partial charge in [0.25, 0.3) is 0 Å². The lowest BCUT2D eigenvalue weighted by Crippen LogP contribution is -2.01. The number of aromatic nitrogens is 1. The smallest absolute Gasteiger partial charge is 0.0705 e. The van der Waals surface area contributed by atoms with Gasteiger partial charge in [0.1, 0.15) is 0 Å². The Morgan fingerprint density at radius 2 is 1.90 bits per heavy atom. The van der Waals surface area contributed by atoms with E-state index in [4.69, 9.17) is 0 Å². The standard InChI is InChI=1S/C18H17BrN2/c1-12-6-8-15-10-14(7-9-18(15)21-12)11-20-17-5-3-4-16(19)13(17)2/h3-10,20H,11H2,1-2H3. The first-order valence-electron chi connectivity index (χ1n) is 6.99. The topological polar surface area (TPSA) is 24.9 Å². The van der Waals surface area contributed by atoms with Gasteiger partial charge in [0.2, 0.25) is 0 Å². The highest BCUT2D eigenvalue weighted by Crippen LogP contribution is 2.24. The van der Waals surface area contributed by atoms with E-state index in [9.17, 15) is 0 Å². The first-order chi connectivity index (χ1) is 10.1. The van der Waals surface area contributed by atoms with Gasteiger partial charge in [-0.2, -0.15) is 0 Å². The first kappa shape index (κ1) is 14.1. The van der Waals surface area contributed by atoms with Crippen LogP contribution in [0.15, 0.2) is 53.0 Å². The molecule has 1 aromatic heterocycles. The largest absolute Gasteiger partial charge is 0.381 e. The Kier molecular flexibility index (Phi) is 3.93. The summed E-state index contributed by atoms with van der Waals surface area (Å²) in [6.07, 6.45) is 0. The number of aryl methyl sites for hydroxylation is 1. The molecule has 0 spiro atoms. The van der Waals surface area contributed by atoms with E-state index in [1.54, 1.807) is 0 Å². The van der Waals surface area contributed by atoms with Crippen molar-refractivity contribution >= 4 is 32.5 Å². The molecule has 0 saturated carbocycles.